The second-order valence-electron chi connectivity index (χ2n) is 6.29. The van der Waals surface area contributed by atoms with Crippen molar-refractivity contribution in [2.75, 3.05) is 11.4 Å². The predicted molar refractivity (Wildman–Crippen MR) is 105 cm³/mol. The van der Waals surface area contributed by atoms with Crippen molar-refractivity contribution in [2.45, 2.75) is 32.4 Å². The smallest absolute Gasteiger partial charge is 0.285 e. The van der Waals surface area contributed by atoms with Crippen molar-refractivity contribution in [3.05, 3.63) is 57.0 Å². The first-order chi connectivity index (χ1) is 13.4. The molecule has 7 nitrogen and oxygen atoms in total. The number of nitrogens with one attached hydrogen (secondary N) is 1. The van der Waals surface area contributed by atoms with Gasteiger partial charge < -0.3 is 10.7 Å². The van der Waals surface area contributed by atoms with Crippen LogP contribution in [0.3, 0.4) is 0 Å². The number of aromatic amines is 1. The fraction of sp³-hybridized carbons (Fsp3) is 0.333. The molecule has 1 atom stereocenters. The molecule has 10 heteroatoms. The Morgan fingerprint density at radius 2 is 2.18 bits per heavy atom. The summed E-state index contributed by atoms with van der Waals surface area (Å²) in [4.78, 5) is 18.1. The van der Waals surface area contributed by atoms with E-state index in [1.54, 1.807) is 18.2 Å². The fourth-order valence-electron chi connectivity index (χ4n) is 3.25. The average Bonchev–Trinajstić information content (AvgIpc) is 2.69. The Bertz CT molecular complexity index is 975. The molecule has 1 aromatic carbocycles. The number of piperidine rings is 1. The second kappa shape index (κ2) is 8.47. The van der Waals surface area contributed by atoms with Crippen LogP contribution in [0, 0.1) is 0 Å². The molecule has 0 spiro atoms. The van der Waals surface area contributed by atoms with Crippen LogP contribution in [0.25, 0.3) is 0 Å². The Morgan fingerprint density at radius 1 is 1.43 bits per heavy atom. The number of H-pyrrole nitrogens is 1. The van der Waals surface area contributed by atoms with E-state index in [1.165, 1.54) is 12.3 Å². The van der Waals surface area contributed by atoms with Crippen LogP contribution >= 0.6 is 11.6 Å². The second-order valence-corrected chi connectivity index (χ2v) is 6.67. The van der Waals surface area contributed by atoms with Gasteiger partial charge in [0, 0.05) is 18.5 Å². The maximum atomic E-state index is 13.2. The van der Waals surface area contributed by atoms with Gasteiger partial charge in [0.15, 0.2) is 0 Å². The first kappa shape index (κ1) is 19.9. The van der Waals surface area contributed by atoms with Crippen LogP contribution in [0.2, 0.25) is 5.02 Å². The van der Waals surface area contributed by atoms with Crippen LogP contribution < -0.4 is 16.3 Å². The summed E-state index contributed by atoms with van der Waals surface area (Å²) in [7, 11) is 0. The van der Waals surface area contributed by atoms with Crippen LogP contribution in [-0.4, -0.2) is 34.2 Å². The quantitative estimate of drug-likeness (QED) is 0.600. The van der Waals surface area contributed by atoms with Crippen molar-refractivity contribution in [1.29, 1.82) is 0 Å². The number of anilines is 1. The van der Waals surface area contributed by atoms with Gasteiger partial charge in [-0.1, -0.05) is 35.9 Å². The Balaban J connectivity index is 1.86. The first-order valence-electron chi connectivity index (χ1n) is 8.61. The molecule has 2 heterocycles. The highest BCUT2D eigenvalue weighted by Gasteiger charge is 2.31. The van der Waals surface area contributed by atoms with E-state index in [1.807, 2.05) is 11.8 Å². The maximum Gasteiger partial charge on any atom is 0.285 e. The summed E-state index contributed by atoms with van der Waals surface area (Å²) in [5.41, 5.74) is 1.56. The number of benzene rings is 1. The zero-order chi connectivity index (χ0) is 20.3. The lowest BCUT2D eigenvalue weighted by molar-refractivity contribution is 0.150. The highest BCUT2D eigenvalue weighted by atomic mass is 35.5. The van der Waals surface area contributed by atoms with Gasteiger partial charge in [0.05, 0.1) is 30.2 Å². The van der Waals surface area contributed by atoms with E-state index in [4.69, 9.17) is 17.4 Å². The van der Waals surface area contributed by atoms with Gasteiger partial charge in [0.1, 0.15) is 10.7 Å². The van der Waals surface area contributed by atoms with Crippen molar-refractivity contribution in [3.8, 4) is 0 Å². The zero-order valence-electron chi connectivity index (χ0n) is 15.1. The van der Waals surface area contributed by atoms with Crippen molar-refractivity contribution in [3.63, 3.8) is 0 Å². The third kappa shape index (κ3) is 3.89. The molecule has 0 radical (unpaired) electrons. The monoisotopic (exact) mass is 408 g/mol. The first-order valence-corrected chi connectivity index (χ1v) is 8.99. The molecular formula is C18H19ClF2N6O. The Hall–Kier alpha value is -2.81. The van der Waals surface area contributed by atoms with Crippen LogP contribution in [0.1, 0.15) is 30.9 Å². The highest BCUT2D eigenvalue weighted by Crippen LogP contribution is 2.27. The molecule has 148 valence electrons. The minimum absolute atomic E-state index is 0.0319. The molecular weight excluding hydrogens is 390 g/mol. The van der Waals surface area contributed by atoms with Gasteiger partial charge >= 0.3 is 0 Å². The van der Waals surface area contributed by atoms with Gasteiger partial charge in [0.25, 0.3) is 12.0 Å². The maximum absolute atomic E-state index is 13.2. The normalized spacial score (nSPS) is 20.3. The summed E-state index contributed by atoms with van der Waals surface area (Å²) >= 11 is 6.11. The molecule has 0 bridgehead atoms. The van der Waals surface area contributed by atoms with E-state index in [9.17, 15) is 13.6 Å². The summed E-state index contributed by atoms with van der Waals surface area (Å²) in [6.45, 7) is 2.46. The highest BCUT2D eigenvalue weighted by molar-refractivity contribution is 6.45. The van der Waals surface area contributed by atoms with E-state index in [2.05, 4.69) is 20.3 Å². The molecule has 3 N–H and O–H groups in total. The number of nitrogens with zero attached hydrogens (tertiary/aromatic N) is 4. The minimum Gasteiger partial charge on any atom is -0.360 e. The van der Waals surface area contributed by atoms with Gasteiger partial charge in [-0.2, -0.15) is 10.2 Å². The van der Waals surface area contributed by atoms with Crippen molar-refractivity contribution >= 4 is 28.7 Å². The van der Waals surface area contributed by atoms with E-state index in [0.717, 1.165) is 0 Å². The van der Waals surface area contributed by atoms with E-state index in [-0.39, 0.29) is 23.2 Å². The number of rotatable bonds is 4. The van der Waals surface area contributed by atoms with Gasteiger partial charge in [0.2, 0.25) is 0 Å². The predicted octanol–water partition coefficient (Wildman–Crippen LogP) is 2.92. The summed E-state index contributed by atoms with van der Waals surface area (Å²) in [5, 5.41) is 9.95. The Labute approximate surface area is 164 Å². The summed E-state index contributed by atoms with van der Waals surface area (Å²) in [6, 6.07) is 5.98. The molecule has 3 rings (SSSR count). The van der Waals surface area contributed by atoms with Crippen molar-refractivity contribution < 1.29 is 8.78 Å². The molecule has 1 fully saturated rings. The van der Waals surface area contributed by atoms with Crippen molar-refractivity contribution in [1.82, 2.24) is 10.2 Å². The van der Waals surface area contributed by atoms with Gasteiger partial charge in [-0.25, -0.2) is 13.9 Å². The van der Waals surface area contributed by atoms with Gasteiger partial charge in [-0.3, -0.25) is 9.79 Å². The third-order valence-corrected chi connectivity index (χ3v) is 5.07. The van der Waals surface area contributed by atoms with Crippen LogP contribution in [0.15, 0.2) is 45.4 Å². The number of alkyl halides is 2. The molecule has 1 aliphatic rings. The number of hydrazone groups is 1. The number of aliphatic imine (C=N–C) groups is 1. The summed E-state index contributed by atoms with van der Waals surface area (Å²) < 4.78 is 26.3. The Morgan fingerprint density at radius 3 is 2.89 bits per heavy atom. The SMILES string of the molecule is C[C@H]1/C(=N/N)C(=NCc2ccccc2C(F)F)CCN1c1cn[nH]c(=O)c1Cl. The lowest BCUT2D eigenvalue weighted by atomic mass is 9.98. The molecule has 1 aromatic heterocycles. The molecule has 0 unspecified atom stereocenters. The molecule has 0 saturated carbocycles. The topological polar surface area (TPSA) is 99.7 Å². The number of halogens is 3. The average molecular weight is 409 g/mol. The molecule has 0 amide bonds. The Kier molecular flexibility index (Phi) is 6.03. The van der Waals surface area contributed by atoms with Gasteiger partial charge in [-0.05, 0) is 12.5 Å². The van der Waals surface area contributed by atoms with E-state index >= 15 is 0 Å². The van der Waals surface area contributed by atoms with Gasteiger partial charge in [-0.15, -0.1) is 0 Å². The number of hydrogen-bond acceptors (Lipinski definition) is 6. The molecule has 0 aliphatic carbocycles. The lowest BCUT2D eigenvalue weighted by Crippen LogP contribution is -2.49. The number of nitrogens with two attached hydrogens (primary N) is 1. The zero-order valence-corrected chi connectivity index (χ0v) is 15.8. The standard InChI is InChI=1S/C18H19ClF2N6O/c1-10-16(25-22)13(23-8-11-4-2-3-5-12(11)17(20)21)6-7-27(10)14-9-24-26-18(28)15(14)19/h2-5,9-10,17H,6-8,22H2,1H3,(H,26,28)/b23-13?,25-16-/t10-/m0/s1. The lowest BCUT2D eigenvalue weighted by Gasteiger charge is -2.36. The van der Waals surface area contributed by atoms with Crippen LogP contribution in [0.5, 0.6) is 0 Å². The third-order valence-electron chi connectivity index (χ3n) is 4.70. The summed E-state index contributed by atoms with van der Waals surface area (Å²) in [6.07, 6.45) is -0.624. The molecule has 1 aliphatic heterocycles. The van der Waals surface area contributed by atoms with Crippen molar-refractivity contribution in [2.24, 2.45) is 15.9 Å². The van der Waals surface area contributed by atoms with Crippen LogP contribution in [0.4, 0.5) is 14.5 Å². The summed E-state index contributed by atoms with van der Waals surface area (Å²) in [5.74, 6) is 5.58. The van der Waals surface area contributed by atoms with Crippen LogP contribution in [-0.2, 0) is 6.54 Å². The number of hydrogen-bond donors (Lipinski definition) is 2. The largest absolute Gasteiger partial charge is 0.360 e. The number of aromatic nitrogens is 2. The molecule has 28 heavy (non-hydrogen) atoms. The fourth-order valence-corrected chi connectivity index (χ4v) is 3.45. The van der Waals surface area contributed by atoms with E-state index in [0.29, 0.717) is 35.6 Å². The van der Waals surface area contributed by atoms with E-state index < -0.39 is 12.0 Å². The minimum atomic E-state index is -2.56. The molecule has 2 aromatic rings. The molecule has 1 saturated heterocycles.